The molecular weight excluding hydrogens is 376 g/mol. The zero-order valence-electron chi connectivity index (χ0n) is 8.22. The summed E-state index contributed by atoms with van der Waals surface area (Å²) in [7, 11) is 0. The highest BCUT2D eigenvalue weighted by atomic mass is 79.9. The molecule has 0 aliphatic rings. The van der Waals surface area contributed by atoms with Gasteiger partial charge in [-0.15, -0.1) is 0 Å². The Hall–Kier alpha value is -0.720. The maximum Gasteiger partial charge on any atom is 0.224 e. The summed E-state index contributed by atoms with van der Waals surface area (Å²) in [6, 6.07) is 4.31. The summed E-state index contributed by atoms with van der Waals surface area (Å²) in [5, 5.41) is 3.15. The van der Waals surface area contributed by atoms with Gasteiger partial charge in [0.1, 0.15) is 11.6 Å². The van der Waals surface area contributed by atoms with E-state index in [0.29, 0.717) is 20.5 Å². The summed E-state index contributed by atoms with van der Waals surface area (Å²) in [6.07, 6.45) is 1.54. The Kier molecular flexibility index (Phi) is 3.96. The maximum atomic E-state index is 12.9. The number of benzene rings is 1. The third-order valence-corrected chi connectivity index (χ3v) is 3.32. The topological polar surface area (TPSA) is 37.8 Å². The lowest BCUT2D eigenvalue weighted by Gasteiger charge is -2.09. The Labute approximate surface area is 119 Å². The number of aromatic nitrogens is 2. The minimum absolute atomic E-state index is 0.133. The molecule has 0 saturated heterocycles. The third-order valence-electron chi connectivity index (χ3n) is 1.90. The van der Waals surface area contributed by atoms with Gasteiger partial charge >= 0.3 is 0 Å². The Bertz CT molecular complexity index is 565. The lowest BCUT2D eigenvalue weighted by atomic mass is 10.3. The van der Waals surface area contributed by atoms with Crippen molar-refractivity contribution in [3.8, 4) is 0 Å². The molecule has 0 amide bonds. The van der Waals surface area contributed by atoms with Crippen molar-refractivity contribution >= 4 is 55.0 Å². The third kappa shape index (κ3) is 3.14. The largest absolute Gasteiger partial charge is 0.338 e. The van der Waals surface area contributed by atoms with Gasteiger partial charge in [-0.25, -0.2) is 9.37 Å². The fraction of sp³-hybridized carbons (Fsp3) is 0. The minimum Gasteiger partial charge on any atom is -0.338 e. The molecule has 17 heavy (non-hydrogen) atoms. The molecule has 0 bridgehead atoms. The molecule has 0 fully saturated rings. The van der Waals surface area contributed by atoms with Gasteiger partial charge in [0, 0.05) is 10.7 Å². The fourth-order valence-corrected chi connectivity index (χ4v) is 2.03. The average Bonchev–Trinajstić information content (AvgIpc) is 2.27. The van der Waals surface area contributed by atoms with Crippen LogP contribution in [0.4, 0.5) is 15.9 Å². The molecule has 7 heteroatoms. The number of rotatable bonds is 2. The highest BCUT2D eigenvalue weighted by Gasteiger charge is 2.07. The zero-order valence-corrected chi connectivity index (χ0v) is 12.1. The zero-order chi connectivity index (χ0) is 12.4. The van der Waals surface area contributed by atoms with Crippen molar-refractivity contribution in [1.29, 1.82) is 0 Å². The summed E-state index contributed by atoms with van der Waals surface area (Å²) in [5.41, 5.74) is 0.682. The second-order valence-electron chi connectivity index (χ2n) is 3.08. The smallest absolute Gasteiger partial charge is 0.224 e. The molecule has 1 aromatic carbocycles. The molecule has 0 radical (unpaired) electrons. The summed E-state index contributed by atoms with van der Waals surface area (Å²) < 4.78 is 14.2. The molecule has 0 atom stereocenters. The van der Waals surface area contributed by atoms with Crippen molar-refractivity contribution < 1.29 is 4.39 Å². The molecule has 0 spiro atoms. The van der Waals surface area contributed by atoms with E-state index in [1.807, 2.05) is 0 Å². The number of nitrogens with one attached hydrogen (secondary N) is 1. The molecule has 0 aliphatic carbocycles. The molecule has 3 nitrogen and oxygen atoms in total. The molecule has 0 unspecified atom stereocenters. The van der Waals surface area contributed by atoms with Crippen LogP contribution in [0.15, 0.2) is 33.3 Å². The maximum absolute atomic E-state index is 12.9. The van der Waals surface area contributed by atoms with Gasteiger partial charge in [-0.1, -0.05) is 0 Å². The van der Waals surface area contributed by atoms with Crippen LogP contribution in [0.3, 0.4) is 0 Å². The summed E-state index contributed by atoms with van der Waals surface area (Å²) in [4.78, 5) is 7.83. The second-order valence-corrected chi connectivity index (χ2v) is 5.13. The Balaban J connectivity index is 2.34. The predicted molar refractivity (Wildman–Crippen MR) is 72.1 cm³/mol. The van der Waals surface area contributed by atoms with Crippen molar-refractivity contribution in [2.45, 2.75) is 0 Å². The van der Waals surface area contributed by atoms with E-state index in [-0.39, 0.29) is 11.1 Å². The van der Waals surface area contributed by atoms with E-state index >= 15 is 0 Å². The standard InChI is InChI=1S/C10H5Br2ClFN3/c11-6-3-5(14)1-2-8(6)16-9-7(12)4-15-10(13)17-9/h1-4H,(H,15,16,17). The van der Waals surface area contributed by atoms with Gasteiger partial charge in [-0.05, 0) is 61.7 Å². The molecule has 1 aromatic heterocycles. The van der Waals surface area contributed by atoms with Crippen LogP contribution < -0.4 is 5.32 Å². The van der Waals surface area contributed by atoms with Crippen LogP contribution in [0.2, 0.25) is 5.28 Å². The second kappa shape index (κ2) is 5.29. The van der Waals surface area contributed by atoms with Crippen LogP contribution >= 0.6 is 43.5 Å². The normalized spacial score (nSPS) is 10.4. The van der Waals surface area contributed by atoms with Gasteiger partial charge in [-0.3, -0.25) is 0 Å². The molecule has 1 N–H and O–H groups in total. The average molecular weight is 381 g/mol. The van der Waals surface area contributed by atoms with Crippen molar-refractivity contribution in [3.05, 3.63) is 44.4 Å². The summed E-state index contributed by atoms with van der Waals surface area (Å²) in [6.45, 7) is 0. The van der Waals surface area contributed by atoms with Crippen LogP contribution in [0.25, 0.3) is 0 Å². The Morgan fingerprint density at radius 2 is 2.00 bits per heavy atom. The van der Waals surface area contributed by atoms with Gasteiger partial charge in [0.15, 0.2) is 0 Å². The first-order chi connectivity index (χ1) is 8.06. The lowest BCUT2D eigenvalue weighted by molar-refractivity contribution is 0.627. The van der Waals surface area contributed by atoms with Crippen LogP contribution in [-0.2, 0) is 0 Å². The Morgan fingerprint density at radius 3 is 2.71 bits per heavy atom. The molecule has 88 valence electrons. The van der Waals surface area contributed by atoms with Crippen LogP contribution in [0.5, 0.6) is 0 Å². The monoisotopic (exact) mass is 379 g/mol. The molecular formula is C10H5Br2ClFN3. The van der Waals surface area contributed by atoms with Crippen molar-refractivity contribution in [1.82, 2.24) is 9.97 Å². The van der Waals surface area contributed by atoms with Crippen molar-refractivity contribution in [3.63, 3.8) is 0 Å². The van der Waals surface area contributed by atoms with Gasteiger partial charge in [-0.2, -0.15) is 4.98 Å². The Morgan fingerprint density at radius 1 is 1.24 bits per heavy atom. The van der Waals surface area contributed by atoms with Crippen molar-refractivity contribution in [2.24, 2.45) is 0 Å². The van der Waals surface area contributed by atoms with E-state index in [0.717, 1.165) is 0 Å². The molecule has 0 saturated carbocycles. The first-order valence-corrected chi connectivity index (χ1v) is 6.43. The molecule has 2 aromatic rings. The van der Waals surface area contributed by atoms with E-state index in [1.54, 1.807) is 6.07 Å². The van der Waals surface area contributed by atoms with Gasteiger partial charge in [0.05, 0.1) is 10.2 Å². The number of halogens is 4. The fourth-order valence-electron chi connectivity index (χ4n) is 1.15. The number of nitrogens with zero attached hydrogens (tertiary/aromatic N) is 2. The van der Waals surface area contributed by atoms with Crippen LogP contribution in [0.1, 0.15) is 0 Å². The first kappa shape index (κ1) is 12.7. The van der Waals surface area contributed by atoms with E-state index in [4.69, 9.17) is 11.6 Å². The van der Waals surface area contributed by atoms with E-state index in [9.17, 15) is 4.39 Å². The molecule has 1 heterocycles. The van der Waals surface area contributed by atoms with Crippen LogP contribution in [0, 0.1) is 5.82 Å². The summed E-state index contributed by atoms with van der Waals surface area (Å²) >= 11 is 12.2. The minimum atomic E-state index is -0.317. The number of hydrogen-bond donors (Lipinski definition) is 1. The van der Waals surface area contributed by atoms with E-state index in [1.165, 1.54) is 18.3 Å². The van der Waals surface area contributed by atoms with Gasteiger partial charge in [0.2, 0.25) is 5.28 Å². The predicted octanol–water partition coefficient (Wildman–Crippen LogP) is 4.54. The van der Waals surface area contributed by atoms with Gasteiger partial charge < -0.3 is 5.32 Å². The van der Waals surface area contributed by atoms with Crippen LogP contribution in [-0.4, -0.2) is 9.97 Å². The SMILES string of the molecule is Fc1ccc(Nc2nc(Cl)ncc2Br)c(Br)c1. The lowest BCUT2D eigenvalue weighted by Crippen LogP contribution is -1.97. The van der Waals surface area contributed by atoms with E-state index in [2.05, 4.69) is 47.1 Å². The first-order valence-electron chi connectivity index (χ1n) is 4.46. The number of anilines is 2. The van der Waals surface area contributed by atoms with Gasteiger partial charge in [0.25, 0.3) is 0 Å². The number of hydrogen-bond acceptors (Lipinski definition) is 3. The highest BCUT2D eigenvalue weighted by molar-refractivity contribution is 9.11. The highest BCUT2D eigenvalue weighted by Crippen LogP contribution is 2.29. The molecule has 2 rings (SSSR count). The summed E-state index contributed by atoms with van der Waals surface area (Å²) in [5.74, 6) is 0.194. The quantitative estimate of drug-likeness (QED) is 0.777. The van der Waals surface area contributed by atoms with E-state index < -0.39 is 0 Å². The van der Waals surface area contributed by atoms with Crippen molar-refractivity contribution in [2.75, 3.05) is 5.32 Å². The molecule has 0 aliphatic heterocycles.